The number of benzene rings is 1. The van der Waals surface area contributed by atoms with Crippen molar-refractivity contribution in [3.05, 3.63) is 59.4 Å². The van der Waals surface area contributed by atoms with Gasteiger partial charge in [-0.15, -0.1) is 5.10 Å². The molecule has 0 spiro atoms. The van der Waals surface area contributed by atoms with Crippen molar-refractivity contribution >= 4 is 34.5 Å². The standard InChI is InChI=1S/C19H17ClN6O2/c1-2-28-15-7-6-11(20)9-12(15)17-13(10-22-24-17)23-19(27)16-14-5-3-4-8-26(14)25-18(16)21/h3-10H,2H2,1H3,(H2,21,25)(H,22,24)(H,23,27). The van der Waals surface area contributed by atoms with E-state index in [9.17, 15) is 4.79 Å². The number of hydrogen-bond donors (Lipinski definition) is 3. The predicted molar refractivity (Wildman–Crippen MR) is 108 cm³/mol. The summed E-state index contributed by atoms with van der Waals surface area (Å²) in [6.07, 6.45) is 3.25. The van der Waals surface area contributed by atoms with E-state index >= 15 is 0 Å². The third kappa shape index (κ3) is 3.14. The van der Waals surface area contributed by atoms with Gasteiger partial charge in [0.15, 0.2) is 5.82 Å². The number of nitrogens with one attached hydrogen (secondary N) is 2. The molecule has 1 amide bonds. The lowest BCUT2D eigenvalue weighted by molar-refractivity contribution is 0.102. The molecule has 4 aromatic rings. The van der Waals surface area contributed by atoms with Crippen molar-refractivity contribution < 1.29 is 9.53 Å². The minimum Gasteiger partial charge on any atom is -0.493 e. The van der Waals surface area contributed by atoms with Crippen molar-refractivity contribution in [1.29, 1.82) is 0 Å². The van der Waals surface area contributed by atoms with Gasteiger partial charge in [-0.2, -0.15) is 5.10 Å². The molecule has 0 aliphatic carbocycles. The molecule has 9 heteroatoms. The summed E-state index contributed by atoms with van der Waals surface area (Å²) in [6, 6.07) is 10.7. The Balaban J connectivity index is 1.72. The van der Waals surface area contributed by atoms with Gasteiger partial charge in [0.2, 0.25) is 0 Å². The van der Waals surface area contributed by atoms with Crippen LogP contribution in [-0.4, -0.2) is 32.3 Å². The lowest BCUT2D eigenvalue weighted by Crippen LogP contribution is -2.13. The number of fused-ring (bicyclic) bond motifs is 1. The highest BCUT2D eigenvalue weighted by Gasteiger charge is 2.21. The van der Waals surface area contributed by atoms with Gasteiger partial charge in [-0.05, 0) is 37.3 Å². The van der Waals surface area contributed by atoms with Crippen LogP contribution in [0.3, 0.4) is 0 Å². The maximum Gasteiger partial charge on any atom is 0.261 e. The van der Waals surface area contributed by atoms with Gasteiger partial charge in [0.05, 0.1) is 29.7 Å². The summed E-state index contributed by atoms with van der Waals surface area (Å²) in [7, 11) is 0. The van der Waals surface area contributed by atoms with Crippen molar-refractivity contribution in [2.24, 2.45) is 0 Å². The Hall–Kier alpha value is -3.52. The van der Waals surface area contributed by atoms with Gasteiger partial charge in [-0.1, -0.05) is 17.7 Å². The Morgan fingerprint density at radius 2 is 2.21 bits per heavy atom. The fraction of sp³-hybridized carbons (Fsp3) is 0.105. The smallest absolute Gasteiger partial charge is 0.261 e. The molecule has 0 bridgehead atoms. The SMILES string of the molecule is CCOc1ccc(Cl)cc1-c1[nH]ncc1NC(=O)c1c(N)nn2ccccc12. The number of aromatic amines is 1. The molecule has 28 heavy (non-hydrogen) atoms. The zero-order valence-electron chi connectivity index (χ0n) is 14.9. The average Bonchev–Trinajstić information content (AvgIpc) is 3.26. The number of rotatable bonds is 5. The van der Waals surface area contributed by atoms with Crippen LogP contribution in [0.1, 0.15) is 17.3 Å². The van der Waals surface area contributed by atoms with Crippen LogP contribution in [-0.2, 0) is 0 Å². The predicted octanol–water partition coefficient (Wildman–Crippen LogP) is 3.61. The van der Waals surface area contributed by atoms with Crippen LogP contribution in [0.4, 0.5) is 11.5 Å². The topological polar surface area (TPSA) is 110 Å². The number of amides is 1. The molecule has 4 rings (SSSR count). The van der Waals surface area contributed by atoms with E-state index in [2.05, 4.69) is 20.6 Å². The Labute approximate surface area is 165 Å². The number of ether oxygens (including phenoxy) is 1. The first-order chi connectivity index (χ1) is 13.6. The first-order valence-electron chi connectivity index (χ1n) is 8.58. The maximum absolute atomic E-state index is 12.9. The number of anilines is 2. The molecule has 0 atom stereocenters. The molecule has 8 nitrogen and oxygen atoms in total. The van der Waals surface area contributed by atoms with Crippen LogP contribution in [0.5, 0.6) is 5.75 Å². The second-order valence-electron chi connectivity index (χ2n) is 5.98. The minimum absolute atomic E-state index is 0.145. The Morgan fingerprint density at radius 1 is 1.36 bits per heavy atom. The number of carbonyl (C=O) groups is 1. The second kappa shape index (κ2) is 7.24. The fourth-order valence-corrected chi connectivity index (χ4v) is 3.17. The van der Waals surface area contributed by atoms with Crippen LogP contribution in [0.15, 0.2) is 48.8 Å². The van der Waals surface area contributed by atoms with Gasteiger partial charge >= 0.3 is 0 Å². The molecular weight excluding hydrogens is 380 g/mol. The summed E-state index contributed by atoms with van der Waals surface area (Å²) >= 11 is 6.15. The number of halogens is 1. The van der Waals surface area contributed by atoms with Crippen LogP contribution in [0.2, 0.25) is 5.02 Å². The molecule has 142 valence electrons. The van der Waals surface area contributed by atoms with E-state index in [4.69, 9.17) is 22.1 Å². The second-order valence-corrected chi connectivity index (χ2v) is 6.41. The molecule has 0 aliphatic rings. The summed E-state index contributed by atoms with van der Waals surface area (Å²) in [5, 5.41) is 14.5. The maximum atomic E-state index is 12.9. The highest BCUT2D eigenvalue weighted by molar-refractivity contribution is 6.31. The van der Waals surface area contributed by atoms with Crippen LogP contribution >= 0.6 is 11.6 Å². The van der Waals surface area contributed by atoms with Crippen LogP contribution in [0.25, 0.3) is 16.8 Å². The van der Waals surface area contributed by atoms with E-state index in [1.807, 2.05) is 19.1 Å². The van der Waals surface area contributed by atoms with Gasteiger partial charge in [0.1, 0.15) is 11.3 Å². The Morgan fingerprint density at radius 3 is 3.04 bits per heavy atom. The summed E-state index contributed by atoms with van der Waals surface area (Å²) in [5.41, 5.74) is 8.61. The summed E-state index contributed by atoms with van der Waals surface area (Å²) in [4.78, 5) is 12.9. The van der Waals surface area contributed by atoms with Crippen molar-refractivity contribution in [3.63, 3.8) is 0 Å². The van der Waals surface area contributed by atoms with Gasteiger partial charge in [0.25, 0.3) is 5.91 Å². The molecule has 0 saturated heterocycles. The van der Waals surface area contributed by atoms with Gasteiger partial charge < -0.3 is 15.8 Å². The molecule has 1 aromatic carbocycles. The van der Waals surface area contributed by atoms with Crippen molar-refractivity contribution in [2.45, 2.75) is 6.92 Å². The molecule has 0 aliphatic heterocycles. The molecule has 3 heterocycles. The lowest BCUT2D eigenvalue weighted by Gasteiger charge is -2.11. The number of aromatic nitrogens is 4. The average molecular weight is 397 g/mol. The summed E-state index contributed by atoms with van der Waals surface area (Å²) in [6.45, 7) is 2.38. The first kappa shape index (κ1) is 17.9. The molecule has 3 aromatic heterocycles. The van der Waals surface area contributed by atoms with E-state index in [0.29, 0.717) is 45.4 Å². The van der Waals surface area contributed by atoms with E-state index in [-0.39, 0.29) is 11.7 Å². The fourth-order valence-electron chi connectivity index (χ4n) is 3.00. The molecule has 0 saturated carbocycles. The van der Waals surface area contributed by atoms with Crippen molar-refractivity contribution in [3.8, 4) is 17.0 Å². The van der Waals surface area contributed by atoms with E-state index in [1.54, 1.807) is 35.0 Å². The normalized spacial score (nSPS) is 10.9. The number of H-pyrrole nitrogens is 1. The first-order valence-corrected chi connectivity index (χ1v) is 8.96. The van der Waals surface area contributed by atoms with Crippen molar-refractivity contribution in [2.75, 3.05) is 17.7 Å². The van der Waals surface area contributed by atoms with E-state index in [0.717, 1.165) is 0 Å². The molecule has 0 unspecified atom stereocenters. The highest BCUT2D eigenvalue weighted by Crippen LogP contribution is 2.36. The molecule has 0 fully saturated rings. The minimum atomic E-state index is -0.388. The number of nitrogens with two attached hydrogens (primary N) is 1. The Kier molecular flexibility index (Phi) is 4.62. The highest BCUT2D eigenvalue weighted by atomic mass is 35.5. The number of carbonyl (C=O) groups excluding carboxylic acids is 1. The quantitative estimate of drug-likeness (QED) is 0.477. The monoisotopic (exact) mass is 396 g/mol. The summed E-state index contributed by atoms with van der Waals surface area (Å²) in [5.74, 6) is 0.384. The van der Waals surface area contributed by atoms with Crippen LogP contribution < -0.4 is 15.8 Å². The molecule has 4 N–H and O–H groups in total. The summed E-state index contributed by atoms with van der Waals surface area (Å²) < 4.78 is 7.23. The van der Waals surface area contributed by atoms with E-state index < -0.39 is 0 Å². The van der Waals surface area contributed by atoms with Crippen LogP contribution in [0, 0.1) is 0 Å². The zero-order chi connectivity index (χ0) is 19.7. The number of hydrogen-bond acceptors (Lipinski definition) is 5. The third-order valence-corrected chi connectivity index (χ3v) is 4.43. The molecular formula is C19H17ClN6O2. The Bertz CT molecular complexity index is 1170. The van der Waals surface area contributed by atoms with Gasteiger partial charge in [0, 0.05) is 16.8 Å². The number of nitrogens with zero attached hydrogens (tertiary/aromatic N) is 3. The van der Waals surface area contributed by atoms with E-state index in [1.165, 1.54) is 6.20 Å². The number of pyridine rings is 1. The van der Waals surface area contributed by atoms with Gasteiger partial charge in [-0.3, -0.25) is 9.89 Å². The number of nitrogen functional groups attached to an aromatic ring is 1. The molecule has 0 radical (unpaired) electrons. The van der Waals surface area contributed by atoms with Crippen molar-refractivity contribution in [1.82, 2.24) is 19.8 Å². The van der Waals surface area contributed by atoms with Gasteiger partial charge in [-0.25, -0.2) is 4.52 Å². The largest absolute Gasteiger partial charge is 0.493 e. The zero-order valence-corrected chi connectivity index (χ0v) is 15.7. The lowest BCUT2D eigenvalue weighted by atomic mass is 10.1. The third-order valence-electron chi connectivity index (χ3n) is 4.19.